The van der Waals surface area contributed by atoms with Gasteiger partial charge in [-0.05, 0) is 69.6 Å². The van der Waals surface area contributed by atoms with Crippen molar-refractivity contribution in [3.05, 3.63) is 29.8 Å². The van der Waals surface area contributed by atoms with Crippen LogP contribution in [-0.2, 0) is 10.3 Å². The van der Waals surface area contributed by atoms with Gasteiger partial charge < -0.3 is 19.9 Å². The predicted molar refractivity (Wildman–Crippen MR) is 91.1 cm³/mol. The Hall–Kier alpha value is -1.96. The summed E-state index contributed by atoms with van der Waals surface area (Å²) in [6.45, 7) is 5.39. The maximum atomic E-state index is 12.2. The van der Waals surface area contributed by atoms with E-state index in [-0.39, 0.29) is 17.2 Å². The van der Waals surface area contributed by atoms with Crippen LogP contribution in [-0.4, -0.2) is 29.2 Å². The average Bonchev–Trinajstić information content (AvgIpc) is 2.40. The zero-order valence-electron chi connectivity index (χ0n) is 15.5. The number of hydrogen-bond acceptors (Lipinski definition) is 4. The van der Waals surface area contributed by atoms with Crippen molar-refractivity contribution >= 4 is 6.09 Å². The van der Waals surface area contributed by atoms with E-state index in [1.165, 1.54) is 24.3 Å². The van der Waals surface area contributed by atoms with E-state index < -0.39 is 23.7 Å². The van der Waals surface area contributed by atoms with E-state index in [9.17, 15) is 23.1 Å². The Morgan fingerprint density at radius 2 is 1.70 bits per heavy atom. The topological polar surface area (TPSA) is 67.8 Å². The summed E-state index contributed by atoms with van der Waals surface area (Å²) in [6.07, 6.45) is -2.63. The van der Waals surface area contributed by atoms with Gasteiger partial charge in [-0.25, -0.2) is 4.79 Å². The molecule has 1 aromatic rings. The minimum Gasteiger partial charge on any atom is -0.444 e. The van der Waals surface area contributed by atoms with Crippen molar-refractivity contribution in [1.29, 1.82) is 0 Å². The Labute approximate surface area is 155 Å². The molecule has 0 atom stereocenters. The zero-order valence-corrected chi connectivity index (χ0v) is 15.5. The fourth-order valence-corrected chi connectivity index (χ4v) is 4.21. The highest BCUT2D eigenvalue weighted by molar-refractivity contribution is 5.68. The van der Waals surface area contributed by atoms with Crippen molar-refractivity contribution in [1.82, 2.24) is 5.32 Å². The molecule has 2 saturated carbocycles. The number of ether oxygens (including phenoxy) is 2. The van der Waals surface area contributed by atoms with E-state index in [2.05, 4.69) is 10.1 Å². The molecule has 0 unspecified atom stereocenters. The Balaban J connectivity index is 1.50. The summed E-state index contributed by atoms with van der Waals surface area (Å²) in [7, 11) is 0. The van der Waals surface area contributed by atoms with Crippen molar-refractivity contribution in [2.24, 2.45) is 5.41 Å². The molecule has 1 spiro atoms. The van der Waals surface area contributed by atoms with Crippen molar-refractivity contribution < 1.29 is 32.5 Å². The minimum absolute atomic E-state index is 0.0203. The average molecular weight is 387 g/mol. The molecule has 2 N–H and O–H groups in total. The molecule has 0 bridgehead atoms. The van der Waals surface area contributed by atoms with E-state index in [1.807, 2.05) is 0 Å². The SMILES string of the molecule is CC(C)(C)OC(=O)NC1CC2(C1)CC(O)(c1ccc(OC(F)(F)F)cc1)C2. The van der Waals surface area contributed by atoms with Crippen LogP contribution in [0.3, 0.4) is 0 Å². The Morgan fingerprint density at radius 1 is 1.15 bits per heavy atom. The lowest BCUT2D eigenvalue weighted by atomic mass is 9.47. The van der Waals surface area contributed by atoms with Gasteiger partial charge >= 0.3 is 12.5 Å². The predicted octanol–water partition coefficient (Wildman–Crippen LogP) is 4.24. The lowest BCUT2D eigenvalue weighted by Crippen LogP contribution is -2.61. The molecule has 1 amide bonds. The number of alkyl halides is 3. The fourth-order valence-electron chi connectivity index (χ4n) is 4.21. The third-order valence-electron chi connectivity index (χ3n) is 5.04. The molecule has 0 radical (unpaired) electrons. The summed E-state index contributed by atoms with van der Waals surface area (Å²) in [4.78, 5) is 11.8. The number of aliphatic hydroxyl groups is 1. The van der Waals surface area contributed by atoms with Crippen molar-refractivity contribution in [2.75, 3.05) is 0 Å². The van der Waals surface area contributed by atoms with E-state index in [0.717, 1.165) is 12.8 Å². The van der Waals surface area contributed by atoms with Crippen LogP contribution < -0.4 is 10.1 Å². The molecule has 27 heavy (non-hydrogen) atoms. The van der Waals surface area contributed by atoms with Gasteiger partial charge in [0.05, 0.1) is 5.60 Å². The van der Waals surface area contributed by atoms with Gasteiger partial charge in [0.25, 0.3) is 0 Å². The molecule has 2 aliphatic carbocycles. The first-order valence-electron chi connectivity index (χ1n) is 8.86. The monoisotopic (exact) mass is 387 g/mol. The van der Waals surface area contributed by atoms with Gasteiger partial charge in [-0.15, -0.1) is 13.2 Å². The number of benzene rings is 1. The van der Waals surface area contributed by atoms with Gasteiger partial charge in [0.2, 0.25) is 0 Å². The van der Waals surface area contributed by atoms with Crippen LogP contribution in [0.5, 0.6) is 5.75 Å². The second-order valence-electron chi connectivity index (χ2n) is 8.71. The standard InChI is InChI=1S/C19H24F3NO4/c1-16(2,3)27-15(24)23-13-8-17(9-13)10-18(25,11-17)12-4-6-14(7-5-12)26-19(20,21)22/h4-7,13,25H,8-11H2,1-3H3,(H,23,24). The number of carbonyl (C=O) groups is 1. The molecule has 0 aliphatic heterocycles. The molecule has 0 aromatic heterocycles. The molecule has 2 fully saturated rings. The Morgan fingerprint density at radius 3 is 2.19 bits per heavy atom. The van der Waals surface area contributed by atoms with Crippen LogP contribution >= 0.6 is 0 Å². The number of rotatable bonds is 3. The third kappa shape index (κ3) is 4.66. The molecule has 1 aromatic carbocycles. The number of nitrogens with one attached hydrogen (secondary N) is 1. The van der Waals surface area contributed by atoms with E-state index >= 15 is 0 Å². The first kappa shape index (κ1) is 19.8. The lowest BCUT2D eigenvalue weighted by Gasteiger charge is -2.61. The van der Waals surface area contributed by atoms with Crippen molar-refractivity contribution in [2.45, 2.75) is 70.1 Å². The summed E-state index contributed by atoms with van der Waals surface area (Å²) < 4.78 is 45.7. The first-order valence-corrected chi connectivity index (χ1v) is 8.86. The smallest absolute Gasteiger partial charge is 0.444 e. The van der Waals surface area contributed by atoms with Gasteiger partial charge in [0, 0.05) is 6.04 Å². The second-order valence-corrected chi connectivity index (χ2v) is 8.71. The Kier molecular flexibility index (Phi) is 4.61. The van der Waals surface area contributed by atoms with Crippen molar-refractivity contribution in [3.8, 4) is 5.75 Å². The van der Waals surface area contributed by atoms with E-state index in [0.29, 0.717) is 18.4 Å². The Bertz CT molecular complexity index is 695. The largest absolute Gasteiger partial charge is 0.573 e. The molecule has 0 heterocycles. The number of alkyl carbamates (subject to hydrolysis) is 1. The molecule has 8 heteroatoms. The molecule has 150 valence electrons. The van der Waals surface area contributed by atoms with Gasteiger partial charge in [-0.3, -0.25) is 0 Å². The number of hydrogen-bond donors (Lipinski definition) is 2. The summed E-state index contributed by atoms with van der Waals surface area (Å²) in [5.41, 5.74) is -1.06. The van der Waals surface area contributed by atoms with Gasteiger partial charge in [-0.1, -0.05) is 12.1 Å². The summed E-state index contributed by atoms with van der Waals surface area (Å²) in [5.74, 6) is -0.311. The number of halogens is 3. The van der Waals surface area contributed by atoms with E-state index in [4.69, 9.17) is 4.74 Å². The fraction of sp³-hybridized carbons (Fsp3) is 0.632. The maximum Gasteiger partial charge on any atom is 0.573 e. The molecule has 5 nitrogen and oxygen atoms in total. The van der Waals surface area contributed by atoms with Gasteiger partial charge in [-0.2, -0.15) is 0 Å². The van der Waals surface area contributed by atoms with Crippen LogP contribution in [0.4, 0.5) is 18.0 Å². The maximum absolute atomic E-state index is 12.2. The van der Waals surface area contributed by atoms with Crippen LogP contribution in [0.25, 0.3) is 0 Å². The van der Waals surface area contributed by atoms with E-state index in [1.54, 1.807) is 20.8 Å². The quantitative estimate of drug-likeness (QED) is 0.814. The van der Waals surface area contributed by atoms with Crippen LogP contribution in [0.15, 0.2) is 24.3 Å². The first-order chi connectivity index (χ1) is 12.3. The molecule has 3 rings (SSSR count). The zero-order chi connectivity index (χ0) is 20.1. The highest BCUT2D eigenvalue weighted by atomic mass is 19.4. The lowest BCUT2D eigenvalue weighted by molar-refractivity contribution is -0.274. The van der Waals surface area contributed by atoms with Crippen molar-refractivity contribution in [3.63, 3.8) is 0 Å². The third-order valence-corrected chi connectivity index (χ3v) is 5.04. The summed E-state index contributed by atoms with van der Waals surface area (Å²) >= 11 is 0. The molecular weight excluding hydrogens is 363 g/mol. The normalized spacial score (nSPS) is 30.3. The summed E-state index contributed by atoms with van der Waals surface area (Å²) in [6, 6.07) is 5.36. The van der Waals surface area contributed by atoms with Crippen LogP contribution in [0.2, 0.25) is 0 Å². The molecular formula is C19H24F3NO4. The molecule has 0 saturated heterocycles. The summed E-state index contributed by atoms with van der Waals surface area (Å²) in [5, 5.41) is 13.6. The number of carbonyl (C=O) groups excluding carboxylic acids is 1. The highest BCUT2D eigenvalue weighted by Gasteiger charge is 2.60. The van der Waals surface area contributed by atoms with Crippen LogP contribution in [0, 0.1) is 5.41 Å². The van der Waals surface area contributed by atoms with Gasteiger partial charge in [0.1, 0.15) is 11.4 Å². The number of amides is 1. The van der Waals surface area contributed by atoms with Gasteiger partial charge in [0.15, 0.2) is 0 Å². The second kappa shape index (κ2) is 6.29. The minimum atomic E-state index is -4.74. The molecule has 2 aliphatic rings. The van der Waals surface area contributed by atoms with Crippen LogP contribution in [0.1, 0.15) is 52.0 Å². The highest BCUT2D eigenvalue weighted by Crippen LogP contribution is 2.63.